The summed E-state index contributed by atoms with van der Waals surface area (Å²) in [5.41, 5.74) is 11.3. The minimum atomic E-state index is -0.619. The van der Waals surface area contributed by atoms with Gasteiger partial charge in [-0.3, -0.25) is 9.59 Å². The van der Waals surface area contributed by atoms with Crippen molar-refractivity contribution < 1.29 is 9.59 Å². The summed E-state index contributed by atoms with van der Waals surface area (Å²) in [6.07, 6.45) is 0. The van der Waals surface area contributed by atoms with Gasteiger partial charge < -0.3 is 11.5 Å². The molecule has 0 aromatic heterocycles. The number of hydrogen-bond donors (Lipinski definition) is 2. The van der Waals surface area contributed by atoms with E-state index in [0.29, 0.717) is 37.2 Å². The molecule has 0 fully saturated rings. The predicted octanol–water partition coefficient (Wildman–Crippen LogP) is 2.94. The van der Waals surface area contributed by atoms with Crippen molar-refractivity contribution in [1.82, 2.24) is 0 Å². The molecule has 4 N–H and O–H groups in total. The van der Waals surface area contributed by atoms with Crippen molar-refractivity contribution >= 4 is 56.6 Å². The highest BCUT2D eigenvalue weighted by atomic mass is 35.5. The molecule has 0 aliphatic carbocycles. The third kappa shape index (κ3) is 1.62. The lowest BCUT2D eigenvalue weighted by molar-refractivity contribution is 0.0990. The topological polar surface area (TPSA) is 86.2 Å². The summed E-state index contributed by atoms with van der Waals surface area (Å²) in [6.45, 7) is 0. The molecule has 2 bridgehead atoms. The Labute approximate surface area is 123 Å². The van der Waals surface area contributed by atoms with Crippen molar-refractivity contribution in [1.29, 1.82) is 0 Å². The number of halogens is 2. The smallest absolute Gasteiger partial charge is 0.249 e. The van der Waals surface area contributed by atoms with Crippen LogP contribution in [0.1, 0.15) is 20.7 Å². The van der Waals surface area contributed by atoms with Crippen molar-refractivity contribution in [3.63, 3.8) is 0 Å². The first-order chi connectivity index (χ1) is 9.41. The molecule has 0 unspecified atom stereocenters. The summed E-state index contributed by atoms with van der Waals surface area (Å²) in [5.74, 6) is -1.21. The largest absolute Gasteiger partial charge is 0.366 e. The standard InChI is InChI=1S/C14H8Cl2N2O2/c15-8-3-5-4-9(16)12(8)11-7(14(18)20)2-1-6(10(5)11)13(17)19/h1-4H,(H2,17,19)(H2,18,20). The minimum absolute atomic E-state index is 0.259. The number of rotatable bonds is 2. The third-order valence-electron chi connectivity index (χ3n) is 3.32. The quantitative estimate of drug-likeness (QED) is 0.762. The molecule has 0 aliphatic rings. The van der Waals surface area contributed by atoms with Gasteiger partial charge in [-0.05, 0) is 29.7 Å². The molecule has 0 heterocycles. The molecule has 4 nitrogen and oxygen atoms in total. The highest BCUT2D eigenvalue weighted by Gasteiger charge is 2.21. The summed E-state index contributed by atoms with van der Waals surface area (Å²) in [5, 5.41) is 2.98. The molecule has 0 aliphatic heterocycles. The highest BCUT2D eigenvalue weighted by Crippen LogP contribution is 2.42. The van der Waals surface area contributed by atoms with E-state index >= 15 is 0 Å². The Hall–Kier alpha value is -2.04. The fourth-order valence-corrected chi connectivity index (χ4v) is 3.21. The van der Waals surface area contributed by atoms with Crippen molar-refractivity contribution in [2.24, 2.45) is 11.5 Å². The first-order valence-electron chi connectivity index (χ1n) is 5.68. The summed E-state index contributed by atoms with van der Waals surface area (Å²) < 4.78 is 0. The first kappa shape index (κ1) is 13.0. The molecular weight excluding hydrogens is 299 g/mol. The van der Waals surface area contributed by atoms with Gasteiger partial charge in [-0.15, -0.1) is 0 Å². The monoisotopic (exact) mass is 306 g/mol. The number of primary amides is 2. The summed E-state index contributed by atoms with van der Waals surface area (Å²) in [6, 6.07) is 6.31. The van der Waals surface area contributed by atoms with Crippen LogP contribution in [0.3, 0.4) is 0 Å². The van der Waals surface area contributed by atoms with Crippen LogP contribution in [0.2, 0.25) is 10.0 Å². The average molecular weight is 307 g/mol. The second-order valence-corrected chi connectivity index (χ2v) is 5.27. The lowest BCUT2D eigenvalue weighted by atomic mass is 9.91. The number of hydrogen-bond acceptors (Lipinski definition) is 2. The van der Waals surface area contributed by atoms with E-state index in [-0.39, 0.29) is 5.56 Å². The number of fused-ring (bicyclic) bond motifs is 2. The zero-order valence-electron chi connectivity index (χ0n) is 10.0. The molecule has 4 aromatic carbocycles. The van der Waals surface area contributed by atoms with Crippen LogP contribution in [0, 0.1) is 0 Å². The van der Waals surface area contributed by atoms with Gasteiger partial charge >= 0.3 is 0 Å². The molecule has 4 rings (SSSR count). The normalized spacial score (nSPS) is 11.3. The van der Waals surface area contributed by atoms with Crippen LogP contribution in [-0.2, 0) is 0 Å². The van der Waals surface area contributed by atoms with Gasteiger partial charge in [-0.2, -0.15) is 0 Å². The van der Waals surface area contributed by atoms with Gasteiger partial charge in [0.05, 0.1) is 10.0 Å². The summed E-state index contributed by atoms with van der Waals surface area (Å²) in [7, 11) is 0. The Morgan fingerprint density at radius 3 is 1.70 bits per heavy atom. The maximum Gasteiger partial charge on any atom is 0.249 e. The van der Waals surface area contributed by atoms with Gasteiger partial charge in [0.1, 0.15) is 0 Å². The molecule has 20 heavy (non-hydrogen) atoms. The molecule has 6 heteroatoms. The molecular formula is C14H8Cl2N2O2. The maximum absolute atomic E-state index is 11.6. The van der Waals surface area contributed by atoms with Gasteiger partial charge in [-0.25, -0.2) is 0 Å². The maximum atomic E-state index is 11.6. The van der Waals surface area contributed by atoms with Crippen LogP contribution >= 0.6 is 23.2 Å². The average Bonchev–Trinajstić information content (AvgIpc) is 2.36. The summed E-state index contributed by atoms with van der Waals surface area (Å²) >= 11 is 12.3. The van der Waals surface area contributed by atoms with Crippen molar-refractivity contribution in [3.8, 4) is 0 Å². The lowest BCUT2D eigenvalue weighted by Gasteiger charge is -2.15. The van der Waals surface area contributed by atoms with Crippen LogP contribution in [0.15, 0.2) is 24.3 Å². The van der Waals surface area contributed by atoms with Crippen LogP contribution in [0.4, 0.5) is 0 Å². The Morgan fingerprint density at radius 1 is 0.800 bits per heavy atom. The summed E-state index contributed by atoms with van der Waals surface area (Å²) in [4.78, 5) is 23.2. The van der Waals surface area contributed by atoms with Crippen LogP contribution in [0.5, 0.6) is 0 Å². The number of amides is 2. The van der Waals surface area contributed by atoms with E-state index in [1.54, 1.807) is 12.1 Å². The van der Waals surface area contributed by atoms with Crippen LogP contribution in [-0.4, -0.2) is 11.8 Å². The highest BCUT2D eigenvalue weighted by molar-refractivity contribution is 6.46. The van der Waals surface area contributed by atoms with Gasteiger partial charge in [-0.1, -0.05) is 23.2 Å². The zero-order valence-corrected chi connectivity index (χ0v) is 11.5. The molecule has 0 radical (unpaired) electrons. The SMILES string of the molecule is NC(=O)c1ccc(C(N)=O)c2c3c(Cl)cc(cc3Cl)c12. The van der Waals surface area contributed by atoms with E-state index in [0.717, 1.165) is 0 Å². The Balaban J connectivity index is 2.67. The fourth-order valence-electron chi connectivity index (χ4n) is 2.53. The number of benzene rings is 4. The van der Waals surface area contributed by atoms with Crippen molar-refractivity contribution in [3.05, 3.63) is 45.4 Å². The second kappa shape index (κ2) is 4.23. The molecule has 0 atom stereocenters. The molecule has 0 saturated carbocycles. The van der Waals surface area contributed by atoms with E-state index in [9.17, 15) is 9.59 Å². The van der Waals surface area contributed by atoms with E-state index in [2.05, 4.69) is 0 Å². The molecule has 0 saturated heterocycles. The third-order valence-corrected chi connectivity index (χ3v) is 3.91. The second-order valence-electron chi connectivity index (χ2n) is 4.45. The minimum Gasteiger partial charge on any atom is -0.366 e. The van der Waals surface area contributed by atoms with E-state index < -0.39 is 11.8 Å². The van der Waals surface area contributed by atoms with E-state index in [1.807, 2.05) is 0 Å². The van der Waals surface area contributed by atoms with Gasteiger partial charge in [0.25, 0.3) is 0 Å². The molecule has 2 amide bonds. The fraction of sp³-hybridized carbons (Fsp3) is 0. The zero-order chi connectivity index (χ0) is 14.6. The first-order valence-corrected chi connectivity index (χ1v) is 6.43. The number of nitrogens with two attached hydrogens (primary N) is 2. The van der Waals surface area contributed by atoms with Gasteiger partial charge in [0, 0.05) is 27.3 Å². The Morgan fingerprint density at radius 2 is 1.25 bits per heavy atom. The Bertz CT molecular complexity index is 863. The molecule has 4 aromatic rings. The van der Waals surface area contributed by atoms with Crippen LogP contribution in [0.25, 0.3) is 21.5 Å². The molecule has 0 spiro atoms. The molecule has 100 valence electrons. The van der Waals surface area contributed by atoms with Crippen molar-refractivity contribution in [2.45, 2.75) is 0 Å². The van der Waals surface area contributed by atoms with E-state index in [4.69, 9.17) is 34.7 Å². The number of carbonyl (C=O) groups is 2. The van der Waals surface area contributed by atoms with Gasteiger partial charge in [0.15, 0.2) is 0 Å². The lowest BCUT2D eigenvalue weighted by Crippen LogP contribution is -2.16. The number of carbonyl (C=O) groups excluding carboxylic acids is 2. The van der Waals surface area contributed by atoms with Crippen LogP contribution < -0.4 is 11.5 Å². The predicted molar refractivity (Wildman–Crippen MR) is 79.7 cm³/mol. The van der Waals surface area contributed by atoms with Gasteiger partial charge in [0.2, 0.25) is 11.8 Å². The van der Waals surface area contributed by atoms with E-state index in [1.165, 1.54) is 12.1 Å². The Kier molecular flexibility index (Phi) is 2.74. The van der Waals surface area contributed by atoms with Crippen molar-refractivity contribution in [2.75, 3.05) is 0 Å².